The average Bonchev–Trinajstić information content (AvgIpc) is 2.70. The maximum Gasteiger partial charge on any atom is 0.0851 e. The SMILES string of the molecule is C[NH2+]CC1(c2ccccc2)CCCC1. The summed E-state index contributed by atoms with van der Waals surface area (Å²) in [5, 5.41) is 2.33. The van der Waals surface area contributed by atoms with Crippen molar-refractivity contribution >= 4 is 0 Å². The third-order valence-electron chi connectivity index (χ3n) is 3.54. The third kappa shape index (κ3) is 1.69. The minimum atomic E-state index is 0.482. The van der Waals surface area contributed by atoms with Crippen LogP contribution in [0.3, 0.4) is 0 Å². The van der Waals surface area contributed by atoms with Crippen molar-refractivity contribution in [3.05, 3.63) is 35.9 Å². The second kappa shape index (κ2) is 4.14. The molecule has 0 bridgehead atoms. The van der Waals surface area contributed by atoms with E-state index in [0.717, 1.165) is 0 Å². The van der Waals surface area contributed by atoms with Crippen molar-refractivity contribution in [3.63, 3.8) is 0 Å². The van der Waals surface area contributed by atoms with E-state index in [9.17, 15) is 0 Å². The molecular formula is C13H20N+. The number of hydrogen-bond acceptors (Lipinski definition) is 0. The quantitative estimate of drug-likeness (QED) is 0.747. The molecule has 1 saturated carbocycles. The van der Waals surface area contributed by atoms with Gasteiger partial charge in [-0.05, 0) is 18.4 Å². The molecule has 14 heavy (non-hydrogen) atoms. The maximum absolute atomic E-state index is 2.33. The number of benzene rings is 1. The summed E-state index contributed by atoms with van der Waals surface area (Å²) in [6.45, 7) is 1.25. The van der Waals surface area contributed by atoms with Gasteiger partial charge in [-0.25, -0.2) is 0 Å². The molecule has 0 amide bonds. The Morgan fingerprint density at radius 3 is 2.36 bits per heavy atom. The number of likely N-dealkylation sites (N-methyl/N-ethyl adjacent to an activating group) is 1. The number of nitrogens with two attached hydrogens (primary N) is 1. The highest BCUT2D eigenvalue weighted by Gasteiger charge is 2.36. The Morgan fingerprint density at radius 1 is 1.14 bits per heavy atom. The standard InChI is InChI=1S/C13H19N/c1-14-11-13(9-5-6-10-13)12-7-3-2-4-8-12/h2-4,7-8,14H,5-6,9-11H2,1H3/p+1. The van der Waals surface area contributed by atoms with E-state index in [-0.39, 0.29) is 0 Å². The molecule has 2 N–H and O–H groups in total. The van der Waals surface area contributed by atoms with Gasteiger partial charge in [0.2, 0.25) is 0 Å². The van der Waals surface area contributed by atoms with E-state index in [4.69, 9.17) is 0 Å². The molecule has 76 valence electrons. The molecule has 0 heterocycles. The molecule has 0 unspecified atom stereocenters. The van der Waals surface area contributed by atoms with Crippen LogP contribution in [0.1, 0.15) is 31.2 Å². The zero-order chi connectivity index (χ0) is 9.86. The molecule has 1 aromatic carbocycles. The number of hydrogen-bond donors (Lipinski definition) is 1. The van der Waals surface area contributed by atoms with Gasteiger partial charge >= 0.3 is 0 Å². The van der Waals surface area contributed by atoms with Crippen LogP contribution in [-0.2, 0) is 5.41 Å². The van der Waals surface area contributed by atoms with Gasteiger partial charge in [0.05, 0.1) is 13.6 Å². The van der Waals surface area contributed by atoms with E-state index >= 15 is 0 Å². The van der Waals surface area contributed by atoms with Crippen LogP contribution in [0.4, 0.5) is 0 Å². The lowest BCUT2D eigenvalue weighted by atomic mass is 9.79. The van der Waals surface area contributed by atoms with Crippen LogP contribution in [0, 0.1) is 0 Å². The predicted molar refractivity (Wildman–Crippen MR) is 59.3 cm³/mol. The van der Waals surface area contributed by atoms with Crippen LogP contribution in [-0.4, -0.2) is 13.6 Å². The first-order chi connectivity index (χ1) is 6.87. The second-order valence-corrected chi connectivity index (χ2v) is 4.47. The van der Waals surface area contributed by atoms with E-state index in [1.807, 2.05) is 0 Å². The van der Waals surface area contributed by atoms with Gasteiger partial charge in [0.25, 0.3) is 0 Å². The predicted octanol–water partition coefficient (Wildman–Crippen LogP) is 1.69. The van der Waals surface area contributed by atoms with Gasteiger partial charge < -0.3 is 5.32 Å². The molecule has 0 aromatic heterocycles. The van der Waals surface area contributed by atoms with Gasteiger partial charge in [-0.1, -0.05) is 43.2 Å². The van der Waals surface area contributed by atoms with Gasteiger partial charge in [-0.2, -0.15) is 0 Å². The fourth-order valence-corrected chi connectivity index (χ4v) is 2.84. The summed E-state index contributed by atoms with van der Waals surface area (Å²) >= 11 is 0. The first-order valence-electron chi connectivity index (χ1n) is 5.71. The van der Waals surface area contributed by atoms with Crippen LogP contribution >= 0.6 is 0 Å². The van der Waals surface area contributed by atoms with Crippen molar-refractivity contribution in [1.82, 2.24) is 0 Å². The van der Waals surface area contributed by atoms with Crippen molar-refractivity contribution in [3.8, 4) is 0 Å². The Balaban J connectivity index is 2.27. The topological polar surface area (TPSA) is 16.6 Å². The molecule has 2 rings (SSSR count). The van der Waals surface area contributed by atoms with E-state index in [1.54, 1.807) is 5.56 Å². The molecular weight excluding hydrogens is 170 g/mol. The lowest BCUT2D eigenvalue weighted by Gasteiger charge is -2.27. The highest BCUT2D eigenvalue weighted by molar-refractivity contribution is 5.26. The van der Waals surface area contributed by atoms with Crippen molar-refractivity contribution < 1.29 is 5.32 Å². The Hall–Kier alpha value is -0.820. The van der Waals surface area contributed by atoms with Gasteiger partial charge in [0.15, 0.2) is 0 Å². The first-order valence-corrected chi connectivity index (χ1v) is 5.71. The Labute approximate surface area is 86.5 Å². The summed E-state index contributed by atoms with van der Waals surface area (Å²) < 4.78 is 0. The fourth-order valence-electron chi connectivity index (χ4n) is 2.84. The summed E-state index contributed by atoms with van der Waals surface area (Å²) in [6.07, 6.45) is 5.56. The minimum Gasteiger partial charge on any atom is -0.348 e. The second-order valence-electron chi connectivity index (χ2n) is 4.47. The smallest absolute Gasteiger partial charge is 0.0851 e. The van der Waals surface area contributed by atoms with Crippen LogP contribution in [0.25, 0.3) is 0 Å². The Bertz CT molecular complexity index is 273. The minimum absolute atomic E-state index is 0.482. The highest BCUT2D eigenvalue weighted by Crippen LogP contribution is 2.39. The van der Waals surface area contributed by atoms with Gasteiger partial charge in [-0.15, -0.1) is 0 Å². The molecule has 0 radical (unpaired) electrons. The molecule has 0 aliphatic heterocycles. The molecule has 1 fully saturated rings. The van der Waals surface area contributed by atoms with Gasteiger partial charge in [0, 0.05) is 5.41 Å². The van der Waals surface area contributed by atoms with E-state index in [1.165, 1.54) is 32.2 Å². The molecule has 1 nitrogen and oxygen atoms in total. The van der Waals surface area contributed by atoms with Crippen LogP contribution in [0.5, 0.6) is 0 Å². The number of rotatable bonds is 3. The summed E-state index contributed by atoms with van der Waals surface area (Å²) in [5.41, 5.74) is 2.03. The van der Waals surface area contributed by atoms with Crippen LogP contribution < -0.4 is 5.32 Å². The van der Waals surface area contributed by atoms with Crippen LogP contribution in [0.15, 0.2) is 30.3 Å². The molecule has 1 aliphatic rings. The fraction of sp³-hybridized carbons (Fsp3) is 0.538. The average molecular weight is 190 g/mol. The van der Waals surface area contributed by atoms with Crippen LogP contribution in [0.2, 0.25) is 0 Å². The van der Waals surface area contributed by atoms with Crippen molar-refractivity contribution in [2.45, 2.75) is 31.1 Å². The van der Waals surface area contributed by atoms with Crippen molar-refractivity contribution in [2.75, 3.05) is 13.6 Å². The third-order valence-corrected chi connectivity index (χ3v) is 3.54. The van der Waals surface area contributed by atoms with Crippen molar-refractivity contribution in [1.29, 1.82) is 0 Å². The normalized spacial score (nSPS) is 19.8. The Kier molecular flexibility index (Phi) is 2.87. The molecule has 0 spiro atoms. The number of quaternary nitrogens is 1. The van der Waals surface area contributed by atoms with E-state index in [2.05, 4.69) is 42.7 Å². The Morgan fingerprint density at radius 2 is 1.79 bits per heavy atom. The largest absolute Gasteiger partial charge is 0.348 e. The monoisotopic (exact) mass is 190 g/mol. The zero-order valence-electron chi connectivity index (χ0n) is 9.00. The lowest BCUT2D eigenvalue weighted by molar-refractivity contribution is -0.634. The summed E-state index contributed by atoms with van der Waals surface area (Å²) in [7, 11) is 2.18. The van der Waals surface area contributed by atoms with Gasteiger partial charge in [0.1, 0.15) is 0 Å². The summed E-state index contributed by atoms with van der Waals surface area (Å²) in [5.74, 6) is 0. The summed E-state index contributed by atoms with van der Waals surface area (Å²) in [6, 6.07) is 11.1. The zero-order valence-corrected chi connectivity index (χ0v) is 9.00. The molecule has 0 saturated heterocycles. The van der Waals surface area contributed by atoms with E-state index < -0.39 is 0 Å². The summed E-state index contributed by atoms with van der Waals surface area (Å²) in [4.78, 5) is 0. The van der Waals surface area contributed by atoms with Crippen molar-refractivity contribution in [2.24, 2.45) is 0 Å². The molecule has 1 aromatic rings. The van der Waals surface area contributed by atoms with Gasteiger partial charge in [-0.3, -0.25) is 0 Å². The van der Waals surface area contributed by atoms with E-state index in [0.29, 0.717) is 5.41 Å². The molecule has 0 atom stereocenters. The first kappa shape index (κ1) is 9.72. The maximum atomic E-state index is 2.33. The highest BCUT2D eigenvalue weighted by atomic mass is 14.8. The molecule has 1 heteroatoms. The molecule has 1 aliphatic carbocycles. The lowest BCUT2D eigenvalue weighted by Crippen LogP contribution is -2.83.